The van der Waals surface area contributed by atoms with Gasteiger partial charge in [0.05, 0.1) is 10.5 Å². The molecule has 26 heavy (non-hydrogen) atoms. The van der Waals surface area contributed by atoms with E-state index in [0.29, 0.717) is 23.7 Å². The van der Waals surface area contributed by atoms with Crippen molar-refractivity contribution < 1.29 is 26.5 Å². The molecule has 4 atom stereocenters. The Morgan fingerprint density at radius 2 is 1.73 bits per heavy atom. The van der Waals surface area contributed by atoms with Crippen LogP contribution >= 0.6 is 27.4 Å². The lowest BCUT2D eigenvalue weighted by molar-refractivity contribution is 0.0696. The molecule has 1 heterocycles. The second-order valence-electron chi connectivity index (χ2n) is 6.75. The minimum absolute atomic E-state index is 0.00227. The van der Waals surface area contributed by atoms with Crippen LogP contribution in [-0.2, 0) is 16.3 Å². The van der Waals surface area contributed by atoms with E-state index in [9.17, 15) is 22.0 Å². The summed E-state index contributed by atoms with van der Waals surface area (Å²) in [5.41, 5.74) is 0.490. The molecule has 2 fully saturated rings. The topological polar surface area (TPSA) is 9.23 Å². The van der Waals surface area contributed by atoms with Crippen molar-refractivity contribution in [1.29, 1.82) is 0 Å². The third-order valence-corrected chi connectivity index (χ3v) is 13.7. The standard InChI is InChI=1S/C16H16F5OPS3/c1-7(2)8-4-5-16(3)9(6-8)25-23(24,22-16)26-15-13(20)11(18)10(17)12(19)14(15)21/h8-9H,1,4-6H2,2-3H3/t8-,9+,16+,23-/m0/s1. The van der Waals surface area contributed by atoms with Gasteiger partial charge in [0.2, 0.25) is 5.82 Å². The van der Waals surface area contributed by atoms with Crippen LogP contribution in [0.2, 0.25) is 0 Å². The average Bonchev–Trinajstić information content (AvgIpc) is 2.84. The van der Waals surface area contributed by atoms with Gasteiger partial charge in [0.25, 0.3) is 0 Å². The zero-order valence-electron chi connectivity index (χ0n) is 14.0. The summed E-state index contributed by atoms with van der Waals surface area (Å²) in [6, 6.07) is 0. The fourth-order valence-electron chi connectivity index (χ4n) is 3.20. The number of halogens is 5. The second-order valence-corrected chi connectivity index (χ2v) is 17.1. The highest BCUT2D eigenvalue weighted by molar-refractivity contribution is 8.99. The highest BCUT2D eigenvalue weighted by Gasteiger charge is 2.53. The van der Waals surface area contributed by atoms with Gasteiger partial charge in [-0.05, 0) is 62.2 Å². The smallest absolute Gasteiger partial charge is 0.200 e. The van der Waals surface area contributed by atoms with Crippen molar-refractivity contribution in [3.63, 3.8) is 0 Å². The minimum atomic E-state index is -2.93. The van der Waals surface area contributed by atoms with E-state index in [1.54, 1.807) is 0 Å². The Balaban J connectivity index is 1.91. The third kappa shape index (κ3) is 3.50. The van der Waals surface area contributed by atoms with Crippen molar-refractivity contribution in [2.45, 2.75) is 48.9 Å². The van der Waals surface area contributed by atoms with E-state index in [0.717, 1.165) is 18.4 Å². The van der Waals surface area contributed by atoms with Crippen LogP contribution in [0.4, 0.5) is 22.0 Å². The zero-order chi connectivity index (χ0) is 19.4. The van der Waals surface area contributed by atoms with E-state index in [4.69, 9.17) is 16.3 Å². The molecule has 1 aromatic carbocycles. The normalized spacial score (nSPS) is 34.0. The van der Waals surface area contributed by atoms with Gasteiger partial charge >= 0.3 is 0 Å². The summed E-state index contributed by atoms with van der Waals surface area (Å²) in [5.74, 6) is -9.53. The average molecular weight is 446 g/mol. The van der Waals surface area contributed by atoms with Gasteiger partial charge < -0.3 is 4.52 Å². The maximum absolute atomic E-state index is 14.0. The second kappa shape index (κ2) is 7.07. The van der Waals surface area contributed by atoms with Crippen LogP contribution in [-0.4, -0.2) is 10.9 Å². The first-order chi connectivity index (χ1) is 12.0. The molecule has 0 N–H and O–H groups in total. The van der Waals surface area contributed by atoms with E-state index >= 15 is 0 Å². The molecular formula is C16H16F5OPS3. The summed E-state index contributed by atoms with van der Waals surface area (Å²) >= 11 is 7.26. The van der Waals surface area contributed by atoms with Crippen LogP contribution < -0.4 is 0 Å². The van der Waals surface area contributed by atoms with Crippen molar-refractivity contribution in [3.05, 3.63) is 41.2 Å². The van der Waals surface area contributed by atoms with Crippen LogP contribution in [0.3, 0.4) is 0 Å². The predicted octanol–water partition coefficient (Wildman–Crippen LogP) is 6.97. The Morgan fingerprint density at radius 1 is 1.19 bits per heavy atom. The molecule has 10 heteroatoms. The van der Waals surface area contributed by atoms with E-state index in [-0.39, 0.29) is 5.25 Å². The lowest BCUT2D eigenvalue weighted by Gasteiger charge is -2.37. The molecule has 0 spiro atoms. The van der Waals surface area contributed by atoms with Gasteiger partial charge in [-0.1, -0.05) is 23.5 Å². The molecule has 1 saturated carbocycles. The monoisotopic (exact) mass is 446 g/mol. The Labute approximate surface area is 161 Å². The maximum Gasteiger partial charge on any atom is 0.200 e. The molecule has 1 aliphatic carbocycles. The number of rotatable bonds is 3. The summed E-state index contributed by atoms with van der Waals surface area (Å²) in [7, 11) is 0. The minimum Gasteiger partial charge on any atom is -0.326 e. The Hall–Kier alpha value is -0.0800. The maximum atomic E-state index is 14.0. The quantitative estimate of drug-likeness (QED) is 0.163. The highest BCUT2D eigenvalue weighted by Crippen LogP contribution is 2.82. The molecule has 3 rings (SSSR count). The predicted molar refractivity (Wildman–Crippen MR) is 99.4 cm³/mol. The molecule has 0 amide bonds. The molecular weight excluding hydrogens is 430 g/mol. The van der Waals surface area contributed by atoms with Gasteiger partial charge in [0.15, 0.2) is 27.9 Å². The fourth-order valence-corrected chi connectivity index (χ4v) is 14.2. The van der Waals surface area contributed by atoms with Crippen LogP contribution in [0.1, 0.15) is 33.1 Å². The number of allylic oxidation sites excluding steroid dienone is 1. The van der Waals surface area contributed by atoms with Crippen LogP contribution in [0.25, 0.3) is 0 Å². The number of hydrogen-bond donors (Lipinski definition) is 0. The molecule has 0 aromatic heterocycles. The molecule has 2 aliphatic rings. The Kier molecular flexibility index (Phi) is 5.61. The first-order valence-electron chi connectivity index (χ1n) is 7.83. The number of fused-ring (bicyclic) bond motifs is 1. The van der Waals surface area contributed by atoms with Crippen molar-refractivity contribution in [1.82, 2.24) is 0 Å². The van der Waals surface area contributed by atoms with Gasteiger partial charge in [0, 0.05) is 5.25 Å². The largest absolute Gasteiger partial charge is 0.326 e. The third-order valence-electron chi connectivity index (χ3n) is 4.82. The lowest BCUT2D eigenvalue weighted by atomic mass is 9.77. The van der Waals surface area contributed by atoms with Crippen molar-refractivity contribution in [2.24, 2.45) is 5.92 Å². The summed E-state index contributed by atoms with van der Waals surface area (Å²) < 4.78 is 71.3. The van der Waals surface area contributed by atoms with Gasteiger partial charge in [-0.15, -0.1) is 0 Å². The number of hydrogen-bond acceptors (Lipinski definition) is 4. The van der Waals surface area contributed by atoms with E-state index in [1.807, 2.05) is 13.8 Å². The Bertz CT molecular complexity index is 804. The summed E-state index contributed by atoms with van der Waals surface area (Å²) in [4.78, 5) is -0.962. The van der Waals surface area contributed by atoms with Crippen LogP contribution in [0.5, 0.6) is 0 Å². The van der Waals surface area contributed by atoms with E-state index in [2.05, 4.69) is 6.58 Å². The molecule has 1 nitrogen and oxygen atoms in total. The number of benzene rings is 1. The molecule has 0 radical (unpaired) electrons. The summed E-state index contributed by atoms with van der Waals surface area (Å²) in [5, 5.41) is -0.00227. The molecule has 1 saturated heterocycles. The first-order valence-corrected chi connectivity index (χ1v) is 13.5. The van der Waals surface area contributed by atoms with Crippen molar-refractivity contribution >= 4 is 39.2 Å². The van der Waals surface area contributed by atoms with Gasteiger partial charge in [-0.2, -0.15) is 0 Å². The van der Waals surface area contributed by atoms with Crippen molar-refractivity contribution in [2.75, 3.05) is 0 Å². The molecule has 0 bridgehead atoms. The lowest BCUT2D eigenvalue weighted by Crippen LogP contribution is -2.40. The fraction of sp³-hybridized carbons (Fsp3) is 0.500. The van der Waals surface area contributed by atoms with Gasteiger partial charge in [-0.25, -0.2) is 22.0 Å². The zero-order valence-corrected chi connectivity index (χ0v) is 17.3. The van der Waals surface area contributed by atoms with E-state index < -0.39 is 44.3 Å². The molecule has 0 unspecified atom stereocenters. The van der Waals surface area contributed by atoms with Crippen LogP contribution in [0.15, 0.2) is 17.0 Å². The highest BCUT2D eigenvalue weighted by atomic mass is 33.2. The van der Waals surface area contributed by atoms with E-state index in [1.165, 1.54) is 11.4 Å². The molecule has 144 valence electrons. The van der Waals surface area contributed by atoms with Crippen molar-refractivity contribution in [3.8, 4) is 0 Å². The summed E-state index contributed by atoms with van der Waals surface area (Å²) in [6.07, 6.45) is 2.34. The SMILES string of the molecule is C=C(C)[C@H]1CC[C@@]2(C)O[P@@](=S)(Sc3c(F)c(F)c(F)c(F)c3F)S[C@@H]2C1. The Morgan fingerprint density at radius 3 is 2.27 bits per heavy atom. The van der Waals surface area contributed by atoms with Crippen LogP contribution in [0, 0.1) is 35.0 Å². The molecule has 1 aliphatic heterocycles. The van der Waals surface area contributed by atoms with Gasteiger partial charge in [-0.3, -0.25) is 0 Å². The van der Waals surface area contributed by atoms with Gasteiger partial charge in [0.1, 0.15) is 0 Å². The summed E-state index contributed by atoms with van der Waals surface area (Å²) in [6.45, 7) is 7.83. The molecule has 1 aromatic rings. The first kappa shape index (κ1) is 20.6.